The molecule has 180 valence electrons. The summed E-state index contributed by atoms with van der Waals surface area (Å²) in [7, 11) is 0. The molecule has 1 saturated heterocycles. The summed E-state index contributed by atoms with van der Waals surface area (Å²) < 4.78 is 17.0. The van der Waals surface area contributed by atoms with E-state index in [1.165, 1.54) is 0 Å². The fraction of sp³-hybridized carbons (Fsp3) is 0.360. The van der Waals surface area contributed by atoms with E-state index in [0.29, 0.717) is 18.8 Å². The van der Waals surface area contributed by atoms with Gasteiger partial charge in [0.2, 0.25) is 0 Å². The molecule has 0 radical (unpaired) electrons. The summed E-state index contributed by atoms with van der Waals surface area (Å²) in [5.74, 6) is 1.72. The number of thiazole rings is 1. The number of amidine groups is 1. The topological polar surface area (TPSA) is 102 Å². The van der Waals surface area contributed by atoms with Crippen molar-refractivity contribution in [2.75, 3.05) is 44.4 Å². The van der Waals surface area contributed by atoms with E-state index in [0.717, 1.165) is 73.5 Å². The smallest absolute Gasteiger partial charge is 0.186 e. The maximum absolute atomic E-state index is 8.69. The molecule has 1 aliphatic rings. The number of nitrogens with two attached hydrogens (primary N) is 1. The van der Waals surface area contributed by atoms with Crippen molar-refractivity contribution in [3.63, 3.8) is 0 Å². The highest BCUT2D eigenvalue weighted by molar-refractivity contribution is 7.14. The van der Waals surface area contributed by atoms with Crippen molar-refractivity contribution in [3.8, 4) is 22.8 Å². The van der Waals surface area contributed by atoms with Crippen LogP contribution in [0.25, 0.3) is 11.3 Å². The predicted molar refractivity (Wildman–Crippen MR) is 134 cm³/mol. The van der Waals surface area contributed by atoms with E-state index in [2.05, 4.69) is 27.6 Å². The molecule has 0 spiro atoms. The lowest BCUT2D eigenvalue weighted by atomic mass is 10.2. The van der Waals surface area contributed by atoms with Crippen LogP contribution in [0, 0.1) is 0 Å². The fourth-order valence-corrected chi connectivity index (χ4v) is 4.45. The van der Waals surface area contributed by atoms with E-state index in [1.54, 1.807) is 23.5 Å². The quantitative estimate of drug-likeness (QED) is 0.138. The Morgan fingerprint density at radius 3 is 2.21 bits per heavy atom. The molecule has 1 aliphatic heterocycles. The van der Waals surface area contributed by atoms with E-state index in [-0.39, 0.29) is 5.84 Å². The summed E-state index contributed by atoms with van der Waals surface area (Å²) in [5.41, 5.74) is 8.31. The van der Waals surface area contributed by atoms with Gasteiger partial charge in [-0.15, -0.1) is 11.3 Å². The fourth-order valence-electron chi connectivity index (χ4n) is 3.56. The van der Waals surface area contributed by atoms with Gasteiger partial charge >= 0.3 is 0 Å². The number of oxime groups is 1. The molecule has 34 heavy (non-hydrogen) atoms. The maximum atomic E-state index is 8.69. The number of hydrogen-bond donors (Lipinski definition) is 2. The van der Waals surface area contributed by atoms with Gasteiger partial charge in [-0.2, -0.15) is 0 Å². The Bertz CT molecular complexity index is 1050. The van der Waals surface area contributed by atoms with Gasteiger partial charge in [0.15, 0.2) is 11.0 Å². The Morgan fingerprint density at radius 1 is 0.971 bits per heavy atom. The summed E-state index contributed by atoms with van der Waals surface area (Å²) in [6, 6.07) is 15.3. The van der Waals surface area contributed by atoms with Crippen molar-refractivity contribution in [2.24, 2.45) is 10.9 Å². The summed E-state index contributed by atoms with van der Waals surface area (Å²) in [6.45, 7) is 4.63. The van der Waals surface area contributed by atoms with Gasteiger partial charge < -0.3 is 30.1 Å². The number of nitrogens with zero attached hydrogens (tertiary/aromatic N) is 3. The first-order valence-electron chi connectivity index (χ1n) is 11.4. The minimum absolute atomic E-state index is 0.0854. The van der Waals surface area contributed by atoms with Gasteiger partial charge in [-0.05, 0) is 67.8 Å². The first-order chi connectivity index (χ1) is 16.7. The number of rotatable bonds is 11. The lowest BCUT2D eigenvalue weighted by molar-refractivity contribution is 0.122. The molecule has 0 amide bonds. The Hall–Kier alpha value is -3.30. The van der Waals surface area contributed by atoms with Crippen LogP contribution >= 0.6 is 11.3 Å². The molecule has 1 fully saturated rings. The molecule has 3 aromatic rings. The SMILES string of the molecule is N/C(=N\O)c1ccc(OCCCCCOc2ccc(-c3csc(N4CCOCC4)n3)cc2)cc1. The average molecular weight is 483 g/mol. The van der Waals surface area contributed by atoms with Crippen LogP contribution < -0.4 is 20.1 Å². The minimum atomic E-state index is 0.0854. The molecular weight excluding hydrogens is 452 g/mol. The average Bonchev–Trinajstić information content (AvgIpc) is 3.39. The van der Waals surface area contributed by atoms with Crippen molar-refractivity contribution >= 4 is 22.3 Å². The summed E-state index contributed by atoms with van der Waals surface area (Å²) in [5, 5.41) is 14.8. The molecule has 2 aromatic carbocycles. The van der Waals surface area contributed by atoms with Crippen molar-refractivity contribution in [2.45, 2.75) is 19.3 Å². The van der Waals surface area contributed by atoms with E-state index < -0.39 is 0 Å². The number of morpholine rings is 1. The highest BCUT2D eigenvalue weighted by Gasteiger charge is 2.15. The van der Waals surface area contributed by atoms with Crippen molar-refractivity contribution < 1.29 is 19.4 Å². The van der Waals surface area contributed by atoms with Crippen LogP contribution in [-0.4, -0.2) is 55.5 Å². The van der Waals surface area contributed by atoms with Crippen LogP contribution in [0.15, 0.2) is 59.1 Å². The zero-order chi connectivity index (χ0) is 23.6. The molecule has 2 heterocycles. The first kappa shape index (κ1) is 23.8. The number of benzene rings is 2. The number of unbranched alkanes of at least 4 members (excludes halogenated alkanes) is 2. The van der Waals surface area contributed by atoms with Gasteiger partial charge in [-0.1, -0.05) is 5.16 Å². The zero-order valence-corrected chi connectivity index (χ0v) is 19.9. The summed E-state index contributed by atoms with van der Waals surface area (Å²) in [4.78, 5) is 7.07. The van der Waals surface area contributed by atoms with Gasteiger partial charge in [0.1, 0.15) is 11.5 Å². The van der Waals surface area contributed by atoms with Gasteiger partial charge in [0.05, 0.1) is 32.1 Å². The standard InChI is InChI=1S/C25H30N4O4S/c26-24(28-30)20-6-10-22(11-7-20)33-15-3-1-2-14-32-21-8-4-19(5-9-21)23-18-34-25(27-23)29-12-16-31-17-13-29/h4-11,18,30H,1-3,12-17H2,(H2,26,28). The number of anilines is 1. The van der Waals surface area contributed by atoms with E-state index >= 15 is 0 Å². The van der Waals surface area contributed by atoms with Crippen LogP contribution in [0.1, 0.15) is 24.8 Å². The monoisotopic (exact) mass is 482 g/mol. The van der Waals surface area contributed by atoms with Crippen molar-refractivity contribution in [3.05, 3.63) is 59.5 Å². The highest BCUT2D eigenvalue weighted by atomic mass is 32.1. The molecule has 0 saturated carbocycles. The lowest BCUT2D eigenvalue weighted by Crippen LogP contribution is -2.36. The van der Waals surface area contributed by atoms with Crippen LogP contribution in [0.4, 0.5) is 5.13 Å². The Kier molecular flexibility index (Phi) is 8.59. The second-order valence-electron chi connectivity index (χ2n) is 7.91. The molecule has 8 nitrogen and oxygen atoms in total. The third kappa shape index (κ3) is 6.61. The van der Waals surface area contributed by atoms with Gasteiger partial charge in [0, 0.05) is 29.6 Å². The molecule has 0 atom stereocenters. The lowest BCUT2D eigenvalue weighted by Gasteiger charge is -2.26. The van der Waals surface area contributed by atoms with E-state index in [4.69, 9.17) is 30.1 Å². The number of aromatic nitrogens is 1. The van der Waals surface area contributed by atoms with Gasteiger partial charge in [0.25, 0.3) is 0 Å². The van der Waals surface area contributed by atoms with Crippen molar-refractivity contribution in [1.29, 1.82) is 0 Å². The zero-order valence-electron chi connectivity index (χ0n) is 19.1. The molecule has 1 aromatic heterocycles. The van der Waals surface area contributed by atoms with Crippen LogP contribution in [0.3, 0.4) is 0 Å². The Morgan fingerprint density at radius 2 is 1.59 bits per heavy atom. The van der Waals surface area contributed by atoms with Gasteiger partial charge in [-0.3, -0.25) is 0 Å². The van der Waals surface area contributed by atoms with Gasteiger partial charge in [-0.25, -0.2) is 4.98 Å². The maximum Gasteiger partial charge on any atom is 0.186 e. The molecule has 0 aliphatic carbocycles. The van der Waals surface area contributed by atoms with E-state index in [9.17, 15) is 0 Å². The molecular formula is C25H30N4O4S. The third-order valence-corrected chi connectivity index (χ3v) is 6.41. The second kappa shape index (κ2) is 12.2. The molecule has 3 N–H and O–H groups in total. The highest BCUT2D eigenvalue weighted by Crippen LogP contribution is 2.29. The third-order valence-electron chi connectivity index (χ3n) is 5.51. The number of hydrogen-bond acceptors (Lipinski definition) is 8. The molecule has 0 bridgehead atoms. The Labute approximate surface area is 203 Å². The van der Waals surface area contributed by atoms with E-state index in [1.807, 2.05) is 24.3 Å². The largest absolute Gasteiger partial charge is 0.494 e. The number of ether oxygens (including phenoxy) is 3. The molecule has 9 heteroatoms. The van der Waals surface area contributed by atoms with Crippen molar-refractivity contribution in [1.82, 2.24) is 4.98 Å². The second-order valence-corrected chi connectivity index (χ2v) is 8.74. The molecule has 4 rings (SSSR count). The molecule has 0 unspecified atom stereocenters. The Balaban J connectivity index is 1.12. The van der Waals surface area contributed by atoms with Crippen LogP contribution in [-0.2, 0) is 4.74 Å². The van der Waals surface area contributed by atoms with Crippen LogP contribution in [0.5, 0.6) is 11.5 Å². The normalized spacial score (nSPS) is 14.2. The summed E-state index contributed by atoms with van der Waals surface area (Å²) in [6.07, 6.45) is 2.92. The summed E-state index contributed by atoms with van der Waals surface area (Å²) >= 11 is 1.68. The first-order valence-corrected chi connectivity index (χ1v) is 12.3. The minimum Gasteiger partial charge on any atom is -0.494 e. The van der Waals surface area contributed by atoms with Crippen LogP contribution in [0.2, 0.25) is 0 Å². The predicted octanol–water partition coefficient (Wildman–Crippen LogP) is 4.37.